The van der Waals surface area contributed by atoms with Crippen molar-refractivity contribution in [1.82, 2.24) is 14.9 Å². The number of amides is 1. The molecule has 0 aromatic carbocycles. The first-order valence-electron chi connectivity index (χ1n) is 7.74. The van der Waals surface area contributed by atoms with Crippen molar-refractivity contribution in [2.75, 3.05) is 6.54 Å². The Bertz CT molecular complexity index is 761. The maximum Gasteiger partial charge on any atom is 0.414 e. The van der Waals surface area contributed by atoms with Gasteiger partial charge in [-0.3, -0.25) is 4.90 Å². The highest BCUT2D eigenvalue weighted by molar-refractivity contribution is 7.16. The summed E-state index contributed by atoms with van der Waals surface area (Å²) in [5, 5.41) is 0. The van der Waals surface area contributed by atoms with Crippen LogP contribution in [0.3, 0.4) is 0 Å². The molecule has 1 atom stereocenters. The van der Waals surface area contributed by atoms with E-state index in [-0.39, 0.29) is 6.09 Å². The number of rotatable bonds is 1. The summed E-state index contributed by atoms with van der Waals surface area (Å²) in [6.07, 6.45) is 4.52. The van der Waals surface area contributed by atoms with Gasteiger partial charge in [0.15, 0.2) is 0 Å². The number of allylic oxidation sites excluding steroid dienone is 1. The van der Waals surface area contributed by atoms with Crippen LogP contribution in [0.2, 0.25) is 0 Å². The van der Waals surface area contributed by atoms with Crippen molar-refractivity contribution in [2.45, 2.75) is 39.7 Å². The molecular formula is C17H21N3O2S. The highest BCUT2D eigenvalue weighted by atomic mass is 32.1. The van der Waals surface area contributed by atoms with E-state index in [0.717, 1.165) is 28.0 Å². The molecule has 0 spiro atoms. The minimum Gasteiger partial charge on any atom is -0.443 e. The Hall–Kier alpha value is -1.95. The monoisotopic (exact) mass is 331 g/mol. The molecular weight excluding hydrogens is 310 g/mol. The van der Waals surface area contributed by atoms with Crippen molar-refractivity contribution in [3.8, 4) is 0 Å². The van der Waals surface area contributed by atoms with Crippen LogP contribution in [-0.2, 0) is 4.74 Å². The van der Waals surface area contributed by atoms with Gasteiger partial charge in [0, 0.05) is 18.3 Å². The summed E-state index contributed by atoms with van der Waals surface area (Å²) in [7, 11) is 0. The summed E-state index contributed by atoms with van der Waals surface area (Å²) in [4.78, 5) is 24.0. The van der Waals surface area contributed by atoms with E-state index in [1.165, 1.54) is 11.3 Å². The van der Waals surface area contributed by atoms with Crippen LogP contribution in [0.1, 0.15) is 39.7 Å². The molecule has 3 heterocycles. The number of ether oxygens (including phenoxy) is 1. The lowest BCUT2D eigenvalue weighted by atomic mass is 9.99. The third-order valence-corrected chi connectivity index (χ3v) is 4.35. The quantitative estimate of drug-likeness (QED) is 0.781. The van der Waals surface area contributed by atoms with Gasteiger partial charge < -0.3 is 4.74 Å². The second kappa shape index (κ2) is 5.92. The third kappa shape index (κ3) is 3.52. The highest BCUT2D eigenvalue weighted by Gasteiger charge is 2.29. The number of carbonyl (C=O) groups is 1. The lowest BCUT2D eigenvalue weighted by molar-refractivity contribution is 0.0327. The molecule has 2 aromatic heterocycles. The standard InChI is InChI=1S/C17H21N3O2S/c1-11-5-6-14(20(9-11)16(21)22-17(2,3)4)12-7-13-15(18-8-12)23-10-19-13/h6-8,10-11H,5,9H2,1-4H3. The number of pyridine rings is 1. The molecule has 0 aliphatic carbocycles. The molecule has 1 amide bonds. The normalized spacial score (nSPS) is 18.9. The van der Waals surface area contributed by atoms with Crippen LogP contribution in [-0.4, -0.2) is 33.1 Å². The van der Waals surface area contributed by atoms with Gasteiger partial charge in [0.25, 0.3) is 0 Å². The summed E-state index contributed by atoms with van der Waals surface area (Å²) in [5.41, 5.74) is 3.89. The van der Waals surface area contributed by atoms with Gasteiger partial charge in [0.2, 0.25) is 0 Å². The minimum atomic E-state index is -0.514. The summed E-state index contributed by atoms with van der Waals surface area (Å²) >= 11 is 1.51. The first-order chi connectivity index (χ1) is 10.8. The van der Waals surface area contributed by atoms with Gasteiger partial charge >= 0.3 is 6.09 Å². The van der Waals surface area contributed by atoms with E-state index in [9.17, 15) is 4.79 Å². The van der Waals surface area contributed by atoms with E-state index in [1.807, 2.05) is 26.8 Å². The zero-order valence-corrected chi connectivity index (χ0v) is 14.7. The lowest BCUT2D eigenvalue weighted by Gasteiger charge is -2.33. The molecule has 0 saturated heterocycles. The third-order valence-electron chi connectivity index (χ3n) is 3.60. The van der Waals surface area contributed by atoms with Crippen molar-refractivity contribution in [1.29, 1.82) is 0 Å². The molecule has 3 rings (SSSR count). The number of hydrogen-bond donors (Lipinski definition) is 0. The first-order valence-corrected chi connectivity index (χ1v) is 8.62. The van der Waals surface area contributed by atoms with Gasteiger partial charge in [-0.15, -0.1) is 11.3 Å². The van der Waals surface area contributed by atoms with Crippen LogP contribution < -0.4 is 0 Å². The predicted octanol–water partition coefficient (Wildman–Crippen LogP) is 4.31. The van der Waals surface area contributed by atoms with Crippen LogP contribution in [0.4, 0.5) is 4.79 Å². The number of hydrogen-bond acceptors (Lipinski definition) is 5. The topological polar surface area (TPSA) is 55.3 Å². The average Bonchev–Trinajstić information content (AvgIpc) is 2.92. The van der Waals surface area contributed by atoms with E-state index >= 15 is 0 Å². The Balaban J connectivity index is 1.95. The minimum absolute atomic E-state index is 0.311. The number of fused-ring (bicyclic) bond motifs is 1. The van der Waals surface area contributed by atoms with E-state index in [0.29, 0.717) is 12.5 Å². The number of nitrogens with zero attached hydrogens (tertiary/aromatic N) is 3. The SMILES string of the molecule is CC1CC=C(c2cnc3scnc3c2)N(C(=O)OC(C)(C)C)C1. The molecule has 6 heteroatoms. The van der Waals surface area contributed by atoms with Crippen LogP contribution in [0.15, 0.2) is 23.8 Å². The Morgan fingerprint density at radius 2 is 2.17 bits per heavy atom. The zero-order valence-electron chi connectivity index (χ0n) is 13.9. The molecule has 2 aromatic rings. The largest absolute Gasteiger partial charge is 0.443 e. The van der Waals surface area contributed by atoms with Crippen LogP contribution in [0.25, 0.3) is 16.0 Å². The number of aromatic nitrogens is 2. The predicted molar refractivity (Wildman–Crippen MR) is 92.1 cm³/mol. The van der Waals surface area contributed by atoms with Crippen molar-refractivity contribution in [3.63, 3.8) is 0 Å². The average molecular weight is 331 g/mol. The lowest BCUT2D eigenvalue weighted by Crippen LogP contribution is -2.39. The van der Waals surface area contributed by atoms with E-state index < -0.39 is 5.60 Å². The van der Waals surface area contributed by atoms with Gasteiger partial charge in [-0.2, -0.15) is 0 Å². The van der Waals surface area contributed by atoms with E-state index in [4.69, 9.17) is 4.74 Å². The Labute approximate surface area is 140 Å². The molecule has 1 aliphatic heterocycles. The van der Waals surface area contributed by atoms with Crippen molar-refractivity contribution < 1.29 is 9.53 Å². The van der Waals surface area contributed by atoms with Crippen LogP contribution in [0, 0.1) is 5.92 Å². The molecule has 5 nitrogen and oxygen atoms in total. The Morgan fingerprint density at radius 1 is 1.39 bits per heavy atom. The van der Waals surface area contributed by atoms with Crippen molar-refractivity contribution in [2.24, 2.45) is 5.92 Å². The first kappa shape index (κ1) is 15.9. The fourth-order valence-electron chi connectivity index (χ4n) is 2.57. The zero-order chi connectivity index (χ0) is 16.6. The molecule has 1 unspecified atom stereocenters. The van der Waals surface area contributed by atoms with Gasteiger partial charge in [-0.1, -0.05) is 13.0 Å². The van der Waals surface area contributed by atoms with Gasteiger partial charge in [-0.25, -0.2) is 14.8 Å². The fraction of sp³-hybridized carbons (Fsp3) is 0.471. The van der Waals surface area contributed by atoms with Gasteiger partial charge in [-0.05, 0) is 39.2 Å². The summed E-state index contributed by atoms with van der Waals surface area (Å²) in [6, 6.07) is 1.98. The molecule has 0 N–H and O–H groups in total. The summed E-state index contributed by atoms with van der Waals surface area (Å²) in [5.74, 6) is 0.405. The van der Waals surface area contributed by atoms with Gasteiger partial charge in [0.05, 0.1) is 11.2 Å². The molecule has 0 radical (unpaired) electrons. The maximum atomic E-state index is 12.6. The smallest absolute Gasteiger partial charge is 0.414 e. The molecule has 0 saturated carbocycles. The van der Waals surface area contributed by atoms with Gasteiger partial charge in [0.1, 0.15) is 15.9 Å². The van der Waals surface area contributed by atoms with E-state index in [1.54, 1.807) is 16.6 Å². The van der Waals surface area contributed by atoms with E-state index in [2.05, 4.69) is 23.0 Å². The van der Waals surface area contributed by atoms with Crippen LogP contribution >= 0.6 is 11.3 Å². The maximum absolute atomic E-state index is 12.6. The highest BCUT2D eigenvalue weighted by Crippen LogP contribution is 2.30. The van der Waals surface area contributed by atoms with Crippen molar-refractivity contribution >= 4 is 33.5 Å². The summed E-state index contributed by atoms with van der Waals surface area (Å²) in [6.45, 7) is 8.42. The second-order valence-corrected chi connectivity index (χ2v) is 7.76. The Kier molecular flexibility index (Phi) is 4.10. The number of carbonyl (C=O) groups excluding carboxylic acids is 1. The fourth-order valence-corrected chi connectivity index (χ4v) is 3.18. The second-order valence-electron chi connectivity index (χ2n) is 6.92. The molecule has 0 bridgehead atoms. The summed E-state index contributed by atoms with van der Waals surface area (Å²) < 4.78 is 5.56. The van der Waals surface area contributed by atoms with Crippen molar-refractivity contribution in [3.05, 3.63) is 29.4 Å². The molecule has 0 fully saturated rings. The van der Waals surface area contributed by atoms with Crippen LogP contribution in [0.5, 0.6) is 0 Å². The Morgan fingerprint density at radius 3 is 2.91 bits per heavy atom. The molecule has 1 aliphatic rings. The molecule has 23 heavy (non-hydrogen) atoms. The number of thiazole rings is 1. The molecule has 122 valence electrons.